The first-order valence-electron chi connectivity index (χ1n) is 7.46. The molecule has 4 heteroatoms. The molecule has 1 aromatic rings. The highest BCUT2D eigenvalue weighted by atomic mass is 16.5. The minimum absolute atomic E-state index is 0.0731. The Morgan fingerprint density at radius 2 is 2.10 bits per heavy atom. The van der Waals surface area contributed by atoms with E-state index in [1.807, 2.05) is 25.3 Å². The van der Waals surface area contributed by atoms with E-state index in [9.17, 15) is 4.79 Å². The first-order valence-corrected chi connectivity index (χ1v) is 7.46. The Morgan fingerprint density at radius 3 is 2.80 bits per heavy atom. The SMILES string of the molecule is CCOC(=O)CCCCCN(C)CCc1ccccn1. The Hall–Kier alpha value is -1.42. The Balaban J connectivity index is 2.00. The lowest BCUT2D eigenvalue weighted by Crippen LogP contribution is -2.22. The van der Waals surface area contributed by atoms with Crippen LogP contribution in [0.3, 0.4) is 0 Å². The third-order valence-electron chi connectivity index (χ3n) is 3.20. The lowest BCUT2D eigenvalue weighted by molar-refractivity contribution is -0.143. The molecule has 0 radical (unpaired) electrons. The molecule has 0 fully saturated rings. The summed E-state index contributed by atoms with van der Waals surface area (Å²) in [5.41, 5.74) is 1.14. The molecule has 0 aliphatic heterocycles. The largest absolute Gasteiger partial charge is 0.466 e. The first-order chi connectivity index (χ1) is 9.72. The molecule has 112 valence electrons. The summed E-state index contributed by atoms with van der Waals surface area (Å²) in [6.45, 7) is 4.41. The van der Waals surface area contributed by atoms with Crippen LogP contribution in [0.4, 0.5) is 0 Å². The second-order valence-corrected chi connectivity index (χ2v) is 4.99. The van der Waals surface area contributed by atoms with Gasteiger partial charge in [0.25, 0.3) is 0 Å². The number of likely N-dealkylation sites (N-methyl/N-ethyl adjacent to an activating group) is 1. The predicted octanol–water partition coefficient (Wildman–Crippen LogP) is 2.68. The molecule has 20 heavy (non-hydrogen) atoms. The van der Waals surface area contributed by atoms with Crippen molar-refractivity contribution in [2.75, 3.05) is 26.7 Å². The van der Waals surface area contributed by atoms with Gasteiger partial charge < -0.3 is 9.64 Å². The van der Waals surface area contributed by atoms with Gasteiger partial charge in [-0.05, 0) is 45.5 Å². The third kappa shape index (κ3) is 7.89. The highest BCUT2D eigenvalue weighted by Crippen LogP contribution is 2.03. The zero-order chi connectivity index (χ0) is 14.6. The van der Waals surface area contributed by atoms with Crippen molar-refractivity contribution in [1.82, 2.24) is 9.88 Å². The number of aromatic nitrogens is 1. The molecule has 0 N–H and O–H groups in total. The molecule has 0 saturated heterocycles. The van der Waals surface area contributed by atoms with E-state index in [2.05, 4.69) is 23.0 Å². The van der Waals surface area contributed by atoms with Gasteiger partial charge in [0.1, 0.15) is 0 Å². The maximum Gasteiger partial charge on any atom is 0.305 e. The lowest BCUT2D eigenvalue weighted by Gasteiger charge is -2.15. The molecule has 0 amide bonds. The van der Waals surface area contributed by atoms with Crippen molar-refractivity contribution < 1.29 is 9.53 Å². The van der Waals surface area contributed by atoms with Crippen LogP contribution in [0.15, 0.2) is 24.4 Å². The second-order valence-electron chi connectivity index (χ2n) is 4.99. The molecule has 0 aliphatic carbocycles. The summed E-state index contributed by atoms with van der Waals surface area (Å²) in [5, 5.41) is 0. The number of nitrogens with zero attached hydrogens (tertiary/aromatic N) is 2. The summed E-state index contributed by atoms with van der Waals surface area (Å²) in [7, 11) is 2.13. The van der Waals surface area contributed by atoms with E-state index in [1.165, 1.54) is 0 Å². The maximum atomic E-state index is 11.2. The molecule has 0 spiro atoms. The summed E-state index contributed by atoms with van der Waals surface area (Å²) in [6.07, 6.45) is 6.49. The number of hydrogen-bond donors (Lipinski definition) is 0. The van der Waals surface area contributed by atoms with Crippen molar-refractivity contribution in [2.45, 2.75) is 39.0 Å². The van der Waals surface area contributed by atoms with E-state index in [0.29, 0.717) is 13.0 Å². The van der Waals surface area contributed by atoms with E-state index in [0.717, 1.165) is 44.5 Å². The van der Waals surface area contributed by atoms with Gasteiger partial charge in [0.05, 0.1) is 6.61 Å². The molecule has 1 rings (SSSR count). The van der Waals surface area contributed by atoms with Gasteiger partial charge in [-0.3, -0.25) is 9.78 Å². The number of hydrogen-bond acceptors (Lipinski definition) is 4. The summed E-state index contributed by atoms with van der Waals surface area (Å²) in [6, 6.07) is 6.03. The summed E-state index contributed by atoms with van der Waals surface area (Å²) < 4.78 is 4.90. The van der Waals surface area contributed by atoms with E-state index < -0.39 is 0 Å². The number of unbranched alkanes of at least 4 members (excludes halogenated alkanes) is 2. The van der Waals surface area contributed by atoms with Crippen molar-refractivity contribution in [2.24, 2.45) is 0 Å². The van der Waals surface area contributed by atoms with E-state index >= 15 is 0 Å². The van der Waals surface area contributed by atoms with Crippen LogP contribution >= 0.6 is 0 Å². The summed E-state index contributed by atoms with van der Waals surface area (Å²) >= 11 is 0. The highest BCUT2D eigenvalue weighted by Gasteiger charge is 2.03. The summed E-state index contributed by atoms with van der Waals surface area (Å²) in [5.74, 6) is -0.0731. The Kier molecular flexibility index (Phi) is 8.63. The number of carbonyl (C=O) groups excluding carboxylic acids is 1. The topological polar surface area (TPSA) is 42.4 Å². The van der Waals surface area contributed by atoms with Crippen molar-refractivity contribution in [1.29, 1.82) is 0 Å². The van der Waals surface area contributed by atoms with Crippen molar-refractivity contribution >= 4 is 5.97 Å². The van der Waals surface area contributed by atoms with Gasteiger partial charge in [-0.25, -0.2) is 0 Å². The van der Waals surface area contributed by atoms with Crippen molar-refractivity contribution in [3.05, 3.63) is 30.1 Å². The average molecular weight is 278 g/mol. The maximum absolute atomic E-state index is 11.2. The summed E-state index contributed by atoms with van der Waals surface area (Å²) in [4.78, 5) is 17.8. The fraction of sp³-hybridized carbons (Fsp3) is 0.625. The standard InChI is InChI=1S/C16H26N2O2/c1-3-20-16(19)10-5-4-8-13-18(2)14-11-15-9-6-7-12-17-15/h6-7,9,12H,3-5,8,10-11,13-14H2,1-2H3. The molecule has 1 heterocycles. The molecular weight excluding hydrogens is 252 g/mol. The van der Waals surface area contributed by atoms with Gasteiger partial charge in [-0.15, -0.1) is 0 Å². The molecular formula is C16H26N2O2. The molecule has 4 nitrogen and oxygen atoms in total. The van der Waals surface area contributed by atoms with Crippen molar-refractivity contribution in [3.63, 3.8) is 0 Å². The average Bonchev–Trinajstić information content (AvgIpc) is 2.46. The van der Waals surface area contributed by atoms with Gasteiger partial charge in [0.2, 0.25) is 0 Å². The molecule has 0 aliphatic rings. The molecule has 0 saturated carbocycles. The van der Waals surface area contributed by atoms with Gasteiger partial charge in [0, 0.05) is 31.3 Å². The van der Waals surface area contributed by atoms with E-state index in [4.69, 9.17) is 4.74 Å². The number of esters is 1. The van der Waals surface area contributed by atoms with Crippen LogP contribution in [0, 0.1) is 0 Å². The number of rotatable bonds is 10. The first kappa shape index (κ1) is 16.6. The normalized spacial score (nSPS) is 10.8. The second kappa shape index (κ2) is 10.4. The number of pyridine rings is 1. The van der Waals surface area contributed by atoms with Gasteiger partial charge in [0.15, 0.2) is 0 Å². The van der Waals surface area contributed by atoms with Crippen LogP contribution < -0.4 is 0 Å². The minimum atomic E-state index is -0.0731. The number of ether oxygens (including phenoxy) is 1. The highest BCUT2D eigenvalue weighted by molar-refractivity contribution is 5.69. The zero-order valence-electron chi connectivity index (χ0n) is 12.7. The minimum Gasteiger partial charge on any atom is -0.466 e. The molecule has 0 unspecified atom stereocenters. The van der Waals surface area contributed by atoms with Gasteiger partial charge in [-0.2, -0.15) is 0 Å². The molecule has 0 atom stereocenters. The van der Waals surface area contributed by atoms with E-state index in [1.54, 1.807) is 0 Å². The van der Waals surface area contributed by atoms with Gasteiger partial charge >= 0.3 is 5.97 Å². The third-order valence-corrected chi connectivity index (χ3v) is 3.20. The predicted molar refractivity (Wildman–Crippen MR) is 80.5 cm³/mol. The quantitative estimate of drug-likeness (QED) is 0.487. The molecule has 0 aromatic carbocycles. The lowest BCUT2D eigenvalue weighted by atomic mass is 10.2. The number of carbonyl (C=O) groups is 1. The van der Waals surface area contributed by atoms with Crippen LogP contribution in [0.5, 0.6) is 0 Å². The van der Waals surface area contributed by atoms with Crippen molar-refractivity contribution in [3.8, 4) is 0 Å². The van der Waals surface area contributed by atoms with Crippen LogP contribution in [-0.2, 0) is 16.0 Å². The van der Waals surface area contributed by atoms with Crippen LogP contribution in [0.2, 0.25) is 0 Å². The van der Waals surface area contributed by atoms with Gasteiger partial charge in [-0.1, -0.05) is 12.5 Å². The molecule has 0 bridgehead atoms. The Bertz CT molecular complexity index is 368. The zero-order valence-corrected chi connectivity index (χ0v) is 12.7. The molecule has 1 aromatic heterocycles. The smallest absolute Gasteiger partial charge is 0.305 e. The monoisotopic (exact) mass is 278 g/mol. The van der Waals surface area contributed by atoms with Crippen LogP contribution in [-0.4, -0.2) is 42.6 Å². The Morgan fingerprint density at radius 1 is 1.25 bits per heavy atom. The van der Waals surface area contributed by atoms with Crippen LogP contribution in [0.1, 0.15) is 38.3 Å². The fourth-order valence-corrected chi connectivity index (χ4v) is 2.02. The van der Waals surface area contributed by atoms with E-state index in [-0.39, 0.29) is 5.97 Å². The fourth-order valence-electron chi connectivity index (χ4n) is 2.02. The Labute approximate surface area is 122 Å². The van der Waals surface area contributed by atoms with Crippen LogP contribution in [0.25, 0.3) is 0 Å².